The van der Waals surface area contributed by atoms with Crippen molar-refractivity contribution in [2.75, 3.05) is 0 Å². The number of nitrogens with zero attached hydrogens (tertiary/aromatic N) is 1. The minimum Gasteiger partial charge on any atom is -0.480 e. The summed E-state index contributed by atoms with van der Waals surface area (Å²) in [5.74, 6) is -1.29. The maximum atomic E-state index is 13.3. The Morgan fingerprint density at radius 1 is 1.00 bits per heavy atom. The van der Waals surface area contributed by atoms with Gasteiger partial charge in [0.2, 0.25) is 0 Å². The molecular formula is C22H19ClN2O3. The fraction of sp³-hybridized carbons (Fsp3) is 0.182. The predicted octanol–water partition coefficient (Wildman–Crippen LogP) is 4.77. The molecule has 1 saturated heterocycles. The topological polar surface area (TPSA) is 73.4 Å². The standard InChI is InChI=1S/C22H19ClN2O3/c23-17-5-2-1-4-16(17)19-11-12-20(22(27)28)25(19)21(26)15-9-7-14(8-10-15)18-6-3-13-24-18/h1-10,13,19-20,24H,11-12H2,(H,27,28)/t19-,20+/m1/s1. The van der Waals surface area contributed by atoms with Gasteiger partial charge in [-0.2, -0.15) is 0 Å². The molecular weight excluding hydrogens is 376 g/mol. The number of carboxylic acids is 1. The zero-order valence-corrected chi connectivity index (χ0v) is 15.8. The Kier molecular flexibility index (Phi) is 4.92. The number of likely N-dealkylation sites (tertiary alicyclic amines) is 1. The van der Waals surface area contributed by atoms with E-state index in [-0.39, 0.29) is 11.9 Å². The molecule has 2 aromatic carbocycles. The number of aliphatic carboxylic acids is 1. The molecule has 1 fully saturated rings. The van der Waals surface area contributed by atoms with E-state index in [0.717, 1.165) is 16.8 Å². The van der Waals surface area contributed by atoms with Crippen LogP contribution in [0, 0.1) is 0 Å². The normalized spacial score (nSPS) is 19.0. The fourth-order valence-corrected chi connectivity index (χ4v) is 4.10. The van der Waals surface area contributed by atoms with Crippen molar-refractivity contribution in [1.82, 2.24) is 9.88 Å². The first-order valence-corrected chi connectivity index (χ1v) is 9.48. The lowest BCUT2D eigenvalue weighted by atomic mass is 10.0. The molecule has 2 heterocycles. The molecule has 0 unspecified atom stereocenters. The number of aromatic nitrogens is 1. The molecule has 0 radical (unpaired) electrons. The Bertz CT molecular complexity index is 999. The number of hydrogen-bond acceptors (Lipinski definition) is 2. The van der Waals surface area contributed by atoms with Crippen molar-refractivity contribution in [3.05, 3.63) is 83.0 Å². The molecule has 4 rings (SSSR count). The van der Waals surface area contributed by atoms with Crippen LogP contribution in [-0.4, -0.2) is 32.9 Å². The van der Waals surface area contributed by atoms with Crippen molar-refractivity contribution in [3.8, 4) is 11.3 Å². The average Bonchev–Trinajstić information content (AvgIpc) is 3.38. The quantitative estimate of drug-likeness (QED) is 0.669. The SMILES string of the molecule is O=C(O)[C@@H]1CC[C@H](c2ccccc2Cl)N1C(=O)c1ccc(-c2ccc[nH]2)cc1. The summed E-state index contributed by atoms with van der Waals surface area (Å²) in [4.78, 5) is 29.6. The zero-order chi connectivity index (χ0) is 19.7. The molecule has 142 valence electrons. The number of rotatable bonds is 4. The highest BCUT2D eigenvalue weighted by atomic mass is 35.5. The second kappa shape index (κ2) is 7.52. The van der Waals surface area contributed by atoms with E-state index in [4.69, 9.17) is 11.6 Å². The number of H-pyrrole nitrogens is 1. The van der Waals surface area contributed by atoms with Crippen LogP contribution in [0.25, 0.3) is 11.3 Å². The summed E-state index contributed by atoms with van der Waals surface area (Å²) in [5, 5.41) is 10.2. The summed E-state index contributed by atoms with van der Waals surface area (Å²) < 4.78 is 0. The van der Waals surface area contributed by atoms with Crippen molar-refractivity contribution in [2.45, 2.75) is 24.9 Å². The van der Waals surface area contributed by atoms with E-state index in [9.17, 15) is 14.7 Å². The van der Waals surface area contributed by atoms with E-state index in [1.165, 1.54) is 4.90 Å². The van der Waals surface area contributed by atoms with Gasteiger partial charge in [-0.05, 0) is 54.3 Å². The molecule has 1 aliphatic heterocycles. The van der Waals surface area contributed by atoms with Gasteiger partial charge in [-0.1, -0.05) is 41.9 Å². The third kappa shape index (κ3) is 3.29. The van der Waals surface area contributed by atoms with Crippen molar-refractivity contribution >= 4 is 23.5 Å². The van der Waals surface area contributed by atoms with Gasteiger partial charge in [0.05, 0.1) is 6.04 Å². The van der Waals surface area contributed by atoms with E-state index in [1.54, 1.807) is 18.2 Å². The van der Waals surface area contributed by atoms with Gasteiger partial charge >= 0.3 is 5.97 Å². The molecule has 6 heteroatoms. The zero-order valence-electron chi connectivity index (χ0n) is 15.0. The van der Waals surface area contributed by atoms with Gasteiger partial charge in [0, 0.05) is 22.5 Å². The van der Waals surface area contributed by atoms with Gasteiger partial charge in [-0.25, -0.2) is 4.79 Å². The first-order chi connectivity index (χ1) is 13.6. The molecule has 0 aliphatic carbocycles. The average molecular weight is 395 g/mol. The molecule has 1 aliphatic rings. The lowest BCUT2D eigenvalue weighted by Crippen LogP contribution is -2.41. The minimum atomic E-state index is -0.995. The maximum absolute atomic E-state index is 13.3. The summed E-state index contributed by atoms with van der Waals surface area (Å²) in [6.45, 7) is 0. The van der Waals surface area contributed by atoms with Gasteiger partial charge in [-0.3, -0.25) is 4.79 Å². The van der Waals surface area contributed by atoms with Crippen LogP contribution in [0.5, 0.6) is 0 Å². The monoisotopic (exact) mass is 394 g/mol. The molecule has 0 bridgehead atoms. The number of aromatic amines is 1. The van der Waals surface area contributed by atoms with Gasteiger partial charge in [-0.15, -0.1) is 0 Å². The van der Waals surface area contributed by atoms with Crippen molar-refractivity contribution in [1.29, 1.82) is 0 Å². The summed E-state index contributed by atoms with van der Waals surface area (Å²) in [6.07, 6.45) is 2.80. The molecule has 0 spiro atoms. The van der Waals surface area contributed by atoms with Gasteiger partial charge in [0.1, 0.15) is 6.04 Å². The fourth-order valence-electron chi connectivity index (χ4n) is 3.84. The van der Waals surface area contributed by atoms with Crippen LogP contribution in [0.1, 0.15) is 34.8 Å². The Hall–Kier alpha value is -3.05. The number of carboxylic acid groups (broad SMARTS) is 1. The summed E-state index contributed by atoms with van der Waals surface area (Å²) in [5.41, 5.74) is 3.16. The van der Waals surface area contributed by atoms with E-state index >= 15 is 0 Å². The van der Waals surface area contributed by atoms with Gasteiger partial charge in [0.25, 0.3) is 5.91 Å². The smallest absolute Gasteiger partial charge is 0.326 e. The van der Waals surface area contributed by atoms with E-state index in [2.05, 4.69) is 4.98 Å². The first kappa shape index (κ1) is 18.3. The molecule has 0 saturated carbocycles. The summed E-state index contributed by atoms with van der Waals surface area (Å²) >= 11 is 6.34. The Morgan fingerprint density at radius 3 is 2.39 bits per heavy atom. The molecule has 1 aromatic heterocycles. The minimum absolute atomic E-state index is 0.298. The van der Waals surface area contributed by atoms with E-state index in [0.29, 0.717) is 23.4 Å². The Balaban J connectivity index is 1.67. The molecule has 5 nitrogen and oxygen atoms in total. The van der Waals surface area contributed by atoms with E-state index < -0.39 is 12.0 Å². The summed E-state index contributed by atoms with van der Waals surface area (Å²) in [7, 11) is 0. The first-order valence-electron chi connectivity index (χ1n) is 9.10. The second-order valence-electron chi connectivity index (χ2n) is 6.84. The third-order valence-corrected chi connectivity index (χ3v) is 5.55. The molecule has 2 atom stereocenters. The van der Waals surface area contributed by atoms with Crippen LogP contribution in [0.15, 0.2) is 66.9 Å². The number of hydrogen-bond donors (Lipinski definition) is 2. The van der Waals surface area contributed by atoms with E-state index in [1.807, 2.05) is 48.7 Å². The van der Waals surface area contributed by atoms with Crippen LogP contribution in [-0.2, 0) is 4.79 Å². The lowest BCUT2D eigenvalue weighted by molar-refractivity contribution is -0.141. The second-order valence-corrected chi connectivity index (χ2v) is 7.25. The number of benzene rings is 2. The van der Waals surface area contributed by atoms with Crippen LogP contribution >= 0.6 is 11.6 Å². The van der Waals surface area contributed by atoms with Crippen molar-refractivity contribution in [2.24, 2.45) is 0 Å². The largest absolute Gasteiger partial charge is 0.480 e. The number of carbonyl (C=O) groups excluding carboxylic acids is 1. The molecule has 2 N–H and O–H groups in total. The highest BCUT2D eigenvalue weighted by Crippen LogP contribution is 2.40. The highest BCUT2D eigenvalue weighted by molar-refractivity contribution is 6.31. The number of carbonyl (C=O) groups is 2. The summed E-state index contributed by atoms with van der Waals surface area (Å²) in [6, 6.07) is 17.1. The van der Waals surface area contributed by atoms with Gasteiger partial charge < -0.3 is 15.0 Å². The predicted molar refractivity (Wildman–Crippen MR) is 107 cm³/mol. The van der Waals surface area contributed by atoms with Crippen LogP contribution in [0.4, 0.5) is 0 Å². The molecule has 28 heavy (non-hydrogen) atoms. The third-order valence-electron chi connectivity index (χ3n) is 5.21. The number of nitrogens with one attached hydrogen (secondary N) is 1. The maximum Gasteiger partial charge on any atom is 0.326 e. The highest BCUT2D eigenvalue weighted by Gasteiger charge is 2.42. The van der Waals surface area contributed by atoms with Gasteiger partial charge in [0.15, 0.2) is 0 Å². The van der Waals surface area contributed by atoms with Crippen molar-refractivity contribution in [3.63, 3.8) is 0 Å². The Labute approximate surface area is 167 Å². The number of halogens is 1. The molecule has 1 amide bonds. The van der Waals surface area contributed by atoms with Crippen molar-refractivity contribution < 1.29 is 14.7 Å². The Morgan fingerprint density at radius 2 is 1.75 bits per heavy atom. The molecule has 3 aromatic rings. The van der Waals surface area contributed by atoms with Crippen LogP contribution in [0.3, 0.4) is 0 Å². The van der Waals surface area contributed by atoms with Crippen LogP contribution in [0.2, 0.25) is 5.02 Å². The lowest BCUT2D eigenvalue weighted by Gasteiger charge is -2.29. The number of amides is 1. The van der Waals surface area contributed by atoms with Crippen LogP contribution < -0.4 is 0 Å².